The van der Waals surface area contributed by atoms with Crippen LogP contribution in [0.3, 0.4) is 0 Å². The fraction of sp³-hybridized carbons (Fsp3) is 0.357. The maximum atomic E-state index is 10.0. The maximum absolute atomic E-state index is 10.0. The molecular formula is C14H19N3O2. The third-order valence-electron chi connectivity index (χ3n) is 3.01. The number of hydrogen-bond donors (Lipinski definition) is 2. The van der Waals surface area contributed by atoms with Gasteiger partial charge in [-0.25, -0.2) is 0 Å². The highest BCUT2D eigenvalue weighted by atomic mass is 16.5. The van der Waals surface area contributed by atoms with Crippen LogP contribution in [0.25, 0.3) is 0 Å². The van der Waals surface area contributed by atoms with Gasteiger partial charge in [0, 0.05) is 25.4 Å². The first-order chi connectivity index (χ1) is 9.15. The normalized spacial score (nSPS) is 10.5. The number of methoxy groups -OCH3 is 1. The summed E-state index contributed by atoms with van der Waals surface area (Å²) in [5, 5.41) is 17.7. The highest BCUT2D eigenvalue weighted by Crippen LogP contribution is 2.30. The Hall–Kier alpha value is -2.17. The van der Waals surface area contributed by atoms with Gasteiger partial charge in [-0.3, -0.25) is 4.68 Å². The Morgan fingerprint density at radius 3 is 2.89 bits per heavy atom. The van der Waals surface area contributed by atoms with Crippen molar-refractivity contribution in [2.45, 2.75) is 19.9 Å². The molecule has 1 aromatic carbocycles. The molecule has 0 fully saturated rings. The predicted octanol–water partition coefficient (Wildman–Crippen LogP) is 2.31. The molecule has 0 aliphatic carbocycles. The number of rotatable bonds is 5. The second-order valence-electron chi connectivity index (χ2n) is 4.34. The molecule has 102 valence electrons. The van der Waals surface area contributed by atoms with Crippen LogP contribution in [0.4, 0.5) is 5.69 Å². The maximum Gasteiger partial charge on any atom is 0.162 e. The van der Waals surface area contributed by atoms with Crippen molar-refractivity contribution < 1.29 is 9.84 Å². The lowest BCUT2D eigenvalue weighted by Crippen LogP contribution is -2.01. The summed E-state index contributed by atoms with van der Waals surface area (Å²) in [7, 11) is 3.44. The summed E-state index contributed by atoms with van der Waals surface area (Å²) in [5.74, 6) is 0.667. The number of phenolic OH excluding ortho intramolecular Hbond substituents is 1. The molecule has 0 unspecified atom stereocenters. The molecule has 0 radical (unpaired) electrons. The number of aromatic nitrogens is 2. The molecule has 1 heterocycles. The number of anilines is 1. The van der Waals surface area contributed by atoms with Crippen LogP contribution in [-0.2, 0) is 20.0 Å². The van der Waals surface area contributed by atoms with Gasteiger partial charge >= 0.3 is 0 Å². The topological polar surface area (TPSA) is 59.3 Å². The number of benzene rings is 1. The van der Waals surface area contributed by atoms with Crippen molar-refractivity contribution in [3.63, 3.8) is 0 Å². The van der Waals surface area contributed by atoms with E-state index in [2.05, 4.69) is 17.3 Å². The lowest BCUT2D eigenvalue weighted by Gasteiger charge is -2.10. The Bertz CT molecular complexity index is 564. The van der Waals surface area contributed by atoms with Gasteiger partial charge in [0.1, 0.15) is 0 Å². The van der Waals surface area contributed by atoms with E-state index in [1.807, 2.05) is 25.4 Å². The van der Waals surface area contributed by atoms with E-state index in [-0.39, 0.29) is 5.75 Å². The molecule has 0 spiro atoms. The van der Waals surface area contributed by atoms with Crippen molar-refractivity contribution in [2.24, 2.45) is 7.05 Å². The van der Waals surface area contributed by atoms with E-state index in [9.17, 15) is 5.11 Å². The lowest BCUT2D eigenvalue weighted by molar-refractivity contribution is 0.371. The van der Waals surface area contributed by atoms with Crippen molar-refractivity contribution in [2.75, 3.05) is 12.4 Å². The average molecular weight is 261 g/mol. The van der Waals surface area contributed by atoms with Crippen molar-refractivity contribution in [1.82, 2.24) is 9.78 Å². The third-order valence-corrected chi connectivity index (χ3v) is 3.01. The van der Waals surface area contributed by atoms with Gasteiger partial charge in [-0.1, -0.05) is 19.1 Å². The zero-order chi connectivity index (χ0) is 13.8. The Kier molecular flexibility index (Phi) is 3.94. The van der Waals surface area contributed by atoms with Crippen molar-refractivity contribution in [3.8, 4) is 11.5 Å². The fourth-order valence-electron chi connectivity index (χ4n) is 2.01. The third kappa shape index (κ3) is 2.81. The summed E-state index contributed by atoms with van der Waals surface area (Å²) in [6, 6.07) is 5.47. The molecule has 0 atom stereocenters. The highest BCUT2D eigenvalue weighted by Gasteiger charge is 2.09. The number of nitrogens with one attached hydrogen (secondary N) is 1. The van der Waals surface area contributed by atoms with Crippen LogP contribution in [0.2, 0.25) is 0 Å². The molecule has 0 aliphatic heterocycles. The molecule has 5 nitrogen and oxygen atoms in total. The van der Waals surface area contributed by atoms with Crippen molar-refractivity contribution >= 4 is 5.69 Å². The van der Waals surface area contributed by atoms with E-state index in [1.165, 1.54) is 0 Å². The second kappa shape index (κ2) is 5.65. The van der Waals surface area contributed by atoms with E-state index in [1.54, 1.807) is 17.9 Å². The number of aromatic hydroxyl groups is 1. The molecule has 0 saturated heterocycles. The number of phenols is 1. The fourth-order valence-corrected chi connectivity index (χ4v) is 2.01. The number of nitrogens with zero attached hydrogens (tertiary/aromatic N) is 2. The smallest absolute Gasteiger partial charge is 0.162 e. The molecule has 0 amide bonds. The SMILES string of the molecule is CCc1nn(C)cc1NCc1cccc(OC)c1O. The van der Waals surface area contributed by atoms with Crippen molar-refractivity contribution in [3.05, 3.63) is 35.7 Å². The average Bonchev–Trinajstić information content (AvgIpc) is 2.78. The standard InChI is InChI=1S/C14H19N3O2/c1-4-11-12(9-17(2)16-11)15-8-10-6-5-7-13(19-3)14(10)18/h5-7,9,15,18H,4,8H2,1-3H3. The lowest BCUT2D eigenvalue weighted by atomic mass is 10.2. The van der Waals surface area contributed by atoms with E-state index in [4.69, 9.17) is 4.74 Å². The zero-order valence-electron chi connectivity index (χ0n) is 11.5. The predicted molar refractivity (Wildman–Crippen MR) is 74.6 cm³/mol. The molecule has 2 N–H and O–H groups in total. The summed E-state index contributed by atoms with van der Waals surface area (Å²) < 4.78 is 6.88. The van der Waals surface area contributed by atoms with E-state index in [0.29, 0.717) is 12.3 Å². The Labute approximate surface area is 112 Å². The first-order valence-electron chi connectivity index (χ1n) is 6.27. The summed E-state index contributed by atoms with van der Waals surface area (Å²) >= 11 is 0. The van der Waals surface area contributed by atoms with Gasteiger partial charge < -0.3 is 15.2 Å². The van der Waals surface area contributed by atoms with E-state index in [0.717, 1.165) is 23.4 Å². The van der Waals surface area contributed by atoms with Gasteiger partial charge in [-0.15, -0.1) is 0 Å². The number of para-hydroxylation sites is 1. The summed E-state index contributed by atoms with van der Waals surface area (Å²) in [6.45, 7) is 2.60. The minimum absolute atomic E-state index is 0.180. The summed E-state index contributed by atoms with van der Waals surface area (Å²) in [6.07, 6.45) is 2.81. The van der Waals surface area contributed by atoms with Crippen LogP contribution >= 0.6 is 0 Å². The second-order valence-corrected chi connectivity index (χ2v) is 4.34. The highest BCUT2D eigenvalue weighted by molar-refractivity contribution is 5.50. The van der Waals surface area contributed by atoms with E-state index < -0.39 is 0 Å². The number of ether oxygens (including phenoxy) is 1. The molecule has 5 heteroatoms. The molecule has 0 aliphatic rings. The Morgan fingerprint density at radius 1 is 1.42 bits per heavy atom. The summed E-state index contributed by atoms with van der Waals surface area (Å²) in [5.41, 5.74) is 2.81. The van der Waals surface area contributed by atoms with Crippen LogP contribution < -0.4 is 10.1 Å². The van der Waals surface area contributed by atoms with Crippen molar-refractivity contribution in [1.29, 1.82) is 0 Å². The Morgan fingerprint density at radius 2 is 2.21 bits per heavy atom. The largest absolute Gasteiger partial charge is 0.504 e. The quantitative estimate of drug-likeness (QED) is 0.867. The van der Waals surface area contributed by atoms with Crippen LogP contribution in [0.1, 0.15) is 18.2 Å². The molecule has 0 bridgehead atoms. The van der Waals surface area contributed by atoms with Crippen LogP contribution in [-0.4, -0.2) is 22.0 Å². The minimum atomic E-state index is 0.180. The van der Waals surface area contributed by atoms with Crippen LogP contribution in [0.15, 0.2) is 24.4 Å². The zero-order valence-corrected chi connectivity index (χ0v) is 11.5. The van der Waals surface area contributed by atoms with Gasteiger partial charge in [-0.2, -0.15) is 5.10 Å². The van der Waals surface area contributed by atoms with Gasteiger partial charge in [-0.05, 0) is 12.5 Å². The van der Waals surface area contributed by atoms with E-state index >= 15 is 0 Å². The molecule has 2 aromatic rings. The van der Waals surface area contributed by atoms with Gasteiger partial charge in [0.05, 0.1) is 18.5 Å². The summed E-state index contributed by atoms with van der Waals surface area (Å²) in [4.78, 5) is 0. The first kappa shape index (κ1) is 13.3. The molecule has 2 rings (SSSR count). The van der Waals surface area contributed by atoms with Gasteiger partial charge in [0.15, 0.2) is 11.5 Å². The molecule has 19 heavy (non-hydrogen) atoms. The molecular weight excluding hydrogens is 242 g/mol. The van der Waals surface area contributed by atoms with Gasteiger partial charge in [0.25, 0.3) is 0 Å². The van der Waals surface area contributed by atoms with Crippen LogP contribution in [0, 0.1) is 0 Å². The molecule has 1 aromatic heterocycles. The van der Waals surface area contributed by atoms with Gasteiger partial charge in [0.2, 0.25) is 0 Å². The first-order valence-corrected chi connectivity index (χ1v) is 6.27. The minimum Gasteiger partial charge on any atom is -0.504 e. The van der Waals surface area contributed by atoms with Crippen LogP contribution in [0.5, 0.6) is 11.5 Å². The number of aryl methyl sites for hydroxylation is 2. The molecule has 0 saturated carbocycles. The monoisotopic (exact) mass is 261 g/mol. The number of hydrogen-bond acceptors (Lipinski definition) is 4. The Balaban J connectivity index is 2.14.